The zero-order valence-corrected chi connectivity index (χ0v) is 14.5. The van der Waals surface area contributed by atoms with Crippen LogP contribution in [-0.2, 0) is 6.54 Å². The van der Waals surface area contributed by atoms with Crippen molar-refractivity contribution in [2.75, 3.05) is 34.7 Å². The fourth-order valence-electron chi connectivity index (χ4n) is 3.33. The van der Waals surface area contributed by atoms with E-state index in [0.29, 0.717) is 0 Å². The minimum atomic E-state index is 0.911. The normalized spacial score (nSPS) is 16.4. The van der Waals surface area contributed by atoms with E-state index in [1.165, 1.54) is 34.0 Å². The Morgan fingerprint density at radius 3 is 2.52 bits per heavy atom. The molecule has 0 atom stereocenters. The Kier molecular flexibility index (Phi) is 4.24. The van der Waals surface area contributed by atoms with E-state index in [-0.39, 0.29) is 0 Å². The van der Waals surface area contributed by atoms with Gasteiger partial charge in [0.25, 0.3) is 0 Å². The van der Waals surface area contributed by atoms with Crippen LogP contribution in [-0.4, -0.2) is 55.8 Å². The molecule has 3 nitrogen and oxygen atoms in total. The van der Waals surface area contributed by atoms with E-state index in [0.717, 1.165) is 13.1 Å². The molecule has 0 N–H and O–H groups in total. The highest BCUT2D eigenvalue weighted by Crippen LogP contribution is 2.42. The minimum absolute atomic E-state index is 0.911. The maximum atomic E-state index is 4.39. The number of para-hydroxylation sites is 1. The van der Waals surface area contributed by atoms with Crippen molar-refractivity contribution in [3.8, 4) is 0 Å². The summed E-state index contributed by atoms with van der Waals surface area (Å²) in [5.41, 5.74) is 6.33. The van der Waals surface area contributed by atoms with Gasteiger partial charge in [0.05, 0.1) is 6.72 Å². The van der Waals surface area contributed by atoms with E-state index in [9.17, 15) is 0 Å². The molecule has 23 heavy (non-hydrogen) atoms. The molecule has 1 aromatic rings. The van der Waals surface area contributed by atoms with E-state index in [4.69, 9.17) is 0 Å². The van der Waals surface area contributed by atoms with Crippen molar-refractivity contribution >= 4 is 18.5 Å². The molecule has 1 aliphatic heterocycles. The molecule has 1 aromatic carbocycles. The fraction of sp³-hybridized carbons (Fsp3) is 0.300. The number of hydrogen-bond acceptors (Lipinski definition) is 2. The summed E-state index contributed by atoms with van der Waals surface area (Å²) in [6.07, 6.45) is 8.79. The highest BCUT2D eigenvalue weighted by Gasteiger charge is 2.31. The second kappa shape index (κ2) is 6.19. The summed E-state index contributed by atoms with van der Waals surface area (Å²) in [5, 5.41) is 0. The second-order valence-electron chi connectivity index (χ2n) is 6.76. The highest BCUT2D eigenvalue weighted by atomic mass is 15.1. The third kappa shape index (κ3) is 3.03. The van der Waals surface area contributed by atoms with Crippen molar-refractivity contribution in [1.82, 2.24) is 9.80 Å². The van der Waals surface area contributed by atoms with Crippen LogP contribution < -0.4 is 0 Å². The summed E-state index contributed by atoms with van der Waals surface area (Å²) in [6.45, 7) is 6.21. The van der Waals surface area contributed by atoms with Gasteiger partial charge in [-0.1, -0.05) is 24.3 Å². The topological polar surface area (TPSA) is 9.49 Å². The Balaban J connectivity index is 2.07. The first-order valence-electron chi connectivity index (χ1n) is 7.96. The Labute approximate surface area is 139 Å². The van der Waals surface area contributed by atoms with Crippen LogP contribution in [0.2, 0.25) is 0 Å². The van der Waals surface area contributed by atoms with Crippen LogP contribution in [0.25, 0.3) is 6.08 Å². The summed E-state index contributed by atoms with van der Waals surface area (Å²) in [5.74, 6) is 0. The lowest BCUT2D eigenvalue weighted by Gasteiger charge is -2.33. The average Bonchev–Trinajstić information content (AvgIpc) is 2.46. The van der Waals surface area contributed by atoms with Crippen molar-refractivity contribution in [1.29, 1.82) is 0 Å². The predicted molar refractivity (Wildman–Crippen MR) is 97.9 cm³/mol. The van der Waals surface area contributed by atoms with Crippen LogP contribution in [0.15, 0.2) is 47.6 Å². The van der Waals surface area contributed by atoms with Gasteiger partial charge >= 0.3 is 0 Å². The maximum Gasteiger partial charge on any atom is 0.164 e. The van der Waals surface area contributed by atoms with Gasteiger partial charge in [0.1, 0.15) is 0 Å². The van der Waals surface area contributed by atoms with Gasteiger partial charge in [0.2, 0.25) is 0 Å². The van der Waals surface area contributed by atoms with E-state index >= 15 is 0 Å². The summed E-state index contributed by atoms with van der Waals surface area (Å²) in [4.78, 5) is 4.40. The Morgan fingerprint density at radius 2 is 1.83 bits per heavy atom. The molecule has 120 valence electrons. The van der Waals surface area contributed by atoms with E-state index in [1.54, 1.807) is 0 Å². The monoisotopic (exact) mass is 307 g/mol. The Hall–Kier alpha value is -2.10. The summed E-state index contributed by atoms with van der Waals surface area (Å²) in [6, 6.07) is 7.73. The third-order valence-corrected chi connectivity index (χ3v) is 4.13. The number of benzene rings is 1. The summed E-state index contributed by atoms with van der Waals surface area (Å²) in [7, 11) is 8.41. The average molecular weight is 307 g/mol. The quantitative estimate of drug-likeness (QED) is 0.625. The van der Waals surface area contributed by atoms with E-state index in [2.05, 4.69) is 91.8 Å². The first kappa shape index (κ1) is 15.8. The van der Waals surface area contributed by atoms with Crippen LogP contribution in [0.1, 0.15) is 11.1 Å². The zero-order valence-electron chi connectivity index (χ0n) is 14.5. The lowest BCUT2D eigenvalue weighted by molar-refractivity contribution is -0.404. The number of likely N-dealkylation sites (N-methyl/N-ethyl adjacent to an activating group) is 1. The molecule has 0 aromatic heterocycles. The van der Waals surface area contributed by atoms with Crippen molar-refractivity contribution in [3.63, 3.8) is 0 Å². The first-order chi connectivity index (χ1) is 11.0. The number of hydrogen-bond donors (Lipinski definition) is 0. The highest BCUT2D eigenvalue weighted by molar-refractivity contribution is 5.75. The van der Waals surface area contributed by atoms with Crippen LogP contribution in [0.3, 0.4) is 0 Å². The lowest BCUT2D eigenvalue weighted by atomic mass is 9.86. The maximum absolute atomic E-state index is 4.39. The number of nitrogens with zero attached hydrogens (tertiary/aromatic N) is 3. The number of fused-ring (bicyclic) bond motifs is 2. The molecule has 1 heterocycles. The SMILES string of the molecule is C=[N+]1c2c(cccc2CN(C)C)C=C2C=CC=C(CN(C)C)[C-]21. The third-order valence-electron chi connectivity index (χ3n) is 4.13. The van der Waals surface area contributed by atoms with Gasteiger partial charge in [-0.3, -0.25) is 0 Å². The number of rotatable bonds is 4. The Morgan fingerprint density at radius 1 is 1.09 bits per heavy atom. The molecular formula is C20H25N3. The van der Waals surface area contributed by atoms with Gasteiger partial charge in [0, 0.05) is 18.7 Å². The van der Waals surface area contributed by atoms with Crippen molar-refractivity contribution in [2.24, 2.45) is 0 Å². The van der Waals surface area contributed by atoms with Gasteiger partial charge in [-0.15, -0.1) is 18.2 Å². The molecule has 0 amide bonds. The molecule has 0 fully saturated rings. The molecule has 3 rings (SSSR count). The lowest BCUT2D eigenvalue weighted by Crippen LogP contribution is -2.28. The van der Waals surface area contributed by atoms with Gasteiger partial charge in [-0.2, -0.15) is 0 Å². The minimum Gasteiger partial charge on any atom is -0.306 e. The summed E-state index contributed by atoms with van der Waals surface area (Å²) >= 11 is 0. The largest absolute Gasteiger partial charge is 0.306 e. The van der Waals surface area contributed by atoms with Crippen LogP contribution in [0.5, 0.6) is 0 Å². The molecule has 1 aliphatic carbocycles. The summed E-state index contributed by atoms with van der Waals surface area (Å²) < 4.78 is 2.13. The zero-order chi connectivity index (χ0) is 16.6. The van der Waals surface area contributed by atoms with Gasteiger partial charge in [-0.05, 0) is 44.9 Å². The predicted octanol–water partition coefficient (Wildman–Crippen LogP) is 3.08. The smallest absolute Gasteiger partial charge is 0.164 e. The molecule has 0 spiro atoms. The van der Waals surface area contributed by atoms with Gasteiger partial charge < -0.3 is 9.80 Å². The fourth-order valence-corrected chi connectivity index (χ4v) is 3.33. The van der Waals surface area contributed by atoms with E-state index in [1.807, 2.05) is 0 Å². The molecule has 3 heteroatoms. The second-order valence-corrected chi connectivity index (χ2v) is 6.76. The van der Waals surface area contributed by atoms with Crippen molar-refractivity contribution < 1.29 is 4.58 Å². The van der Waals surface area contributed by atoms with Crippen LogP contribution in [0.4, 0.5) is 5.69 Å². The van der Waals surface area contributed by atoms with Gasteiger partial charge in [-0.25, -0.2) is 4.58 Å². The van der Waals surface area contributed by atoms with E-state index < -0.39 is 0 Å². The van der Waals surface area contributed by atoms with Crippen LogP contribution >= 0.6 is 0 Å². The molecule has 0 radical (unpaired) electrons. The molecular weight excluding hydrogens is 282 g/mol. The number of allylic oxidation sites excluding steroid dienone is 2. The molecule has 0 unspecified atom stereocenters. The van der Waals surface area contributed by atoms with Crippen LogP contribution in [0, 0.1) is 6.04 Å². The van der Waals surface area contributed by atoms with Crippen molar-refractivity contribution in [2.45, 2.75) is 6.54 Å². The molecule has 0 bridgehead atoms. The standard InChI is InChI=1S/C20H25N3/c1-21(2)13-17-10-6-8-15-12-16-9-7-11-18(14-22(3)4)20(16)23(5)19(15)17/h6-12H,5,13-14H2,1-4H3. The molecule has 0 saturated carbocycles. The van der Waals surface area contributed by atoms with Crippen molar-refractivity contribution in [3.05, 3.63) is 64.7 Å². The molecule has 2 aliphatic rings. The van der Waals surface area contributed by atoms with Gasteiger partial charge in [0.15, 0.2) is 11.7 Å². The Bertz CT molecular complexity index is 720. The first-order valence-corrected chi connectivity index (χ1v) is 7.96. The molecule has 0 saturated heterocycles.